The van der Waals surface area contributed by atoms with E-state index in [1.165, 1.54) is 6.07 Å². The van der Waals surface area contributed by atoms with Crippen molar-refractivity contribution in [3.63, 3.8) is 0 Å². The van der Waals surface area contributed by atoms with Crippen LogP contribution in [0.2, 0.25) is 5.02 Å². The van der Waals surface area contributed by atoms with Crippen LogP contribution in [0.3, 0.4) is 0 Å². The quantitative estimate of drug-likeness (QED) is 0.820. The molecular weight excluding hydrogens is 240 g/mol. The SMILES string of the molecule is CCOCCC(=O)Nc1ccc(C#N)cc1Cl. The Kier molecular flexibility index (Phi) is 5.47. The van der Waals surface area contributed by atoms with Crippen LogP contribution in [0.5, 0.6) is 0 Å². The Balaban J connectivity index is 2.57. The fourth-order valence-electron chi connectivity index (χ4n) is 1.21. The van der Waals surface area contributed by atoms with Crippen LogP contribution in [0.4, 0.5) is 5.69 Å². The maximum Gasteiger partial charge on any atom is 0.226 e. The van der Waals surface area contributed by atoms with Gasteiger partial charge in [0.05, 0.1) is 35.4 Å². The second kappa shape index (κ2) is 6.89. The molecule has 17 heavy (non-hydrogen) atoms. The summed E-state index contributed by atoms with van der Waals surface area (Å²) in [7, 11) is 0. The van der Waals surface area contributed by atoms with Gasteiger partial charge in [0, 0.05) is 6.61 Å². The lowest BCUT2D eigenvalue weighted by molar-refractivity contribution is -0.117. The number of hydrogen-bond acceptors (Lipinski definition) is 3. The summed E-state index contributed by atoms with van der Waals surface area (Å²) >= 11 is 5.92. The fraction of sp³-hybridized carbons (Fsp3) is 0.333. The summed E-state index contributed by atoms with van der Waals surface area (Å²) in [4.78, 5) is 11.5. The molecule has 1 aromatic carbocycles. The first kappa shape index (κ1) is 13.5. The van der Waals surface area contributed by atoms with E-state index >= 15 is 0 Å². The van der Waals surface area contributed by atoms with Crippen molar-refractivity contribution in [2.45, 2.75) is 13.3 Å². The van der Waals surface area contributed by atoms with E-state index in [9.17, 15) is 4.79 Å². The third kappa shape index (κ3) is 4.43. The second-order valence-electron chi connectivity index (χ2n) is 3.30. The van der Waals surface area contributed by atoms with Gasteiger partial charge in [0.1, 0.15) is 0 Å². The number of ether oxygens (including phenoxy) is 1. The first-order chi connectivity index (χ1) is 8.17. The number of benzene rings is 1. The van der Waals surface area contributed by atoms with Gasteiger partial charge in [-0.05, 0) is 25.1 Å². The van der Waals surface area contributed by atoms with E-state index in [1.807, 2.05) is 13.0 Å². The second-order valence-corrected chi connectivity index (χ2v) is 3.71. The minimum Gasteiger partial charge on any atom is -0.381 e. The summed E-state index contributed by atoms with van der Waals surface area (Å²) in [5.41, 5.74) is 0.967. The van der Waals surface area contributed by atoms with E-state index in [1.54, 1.807) is 12.1 Å². The maximum atomic E-state index is 11.5. The molecule has 1 aromatic rings. The van der Waals surface area contributed by atoms with Crippen molar-refractivity contribution in [3.8, 4) is 6.07 Å². The van der Waals surface area contributed by atoms with Gasteiger partial charge < -0.3 is 10.1 Å². The summed E-state index contributed by atoms with van der Waals surface area (Å²) in [6.07, 6.45) is 0.282. The molecule has 0 aliphatic rings. The van der Waals surface area contributed by atoms with Crippen LogP contribution in [-0.2, 0) is 9.53 Å². The number of hydrogen-bond donors (Lipinski definition) is 1. The largest absolute Gasteiger partial charge is 0.381 e. The standard InChI is InChI=1S/C12H13ClN2O2/c1-2-17-6-5-12(16)15-11-4-3-9(8-14)7-10(11)13/h3-4,7H,2,5-6H2,1H3,(H,15,16). The summed E-state index contributed by atoms with van der Waals surface area (Å²) in [5, 5.41) is 11.7. The van der Waals surface area contributed by atoms with Gasteiger partial charge in [-0.2, -0.15) is 5.26 Å². The summed E-state index contributed by atoms with van der Waals surface area (Å²) < 4.78 is 5.07. The highest BCUT2D eigenvalue weighted by Crippen LogP contribution is 2.22. The maximum absolute atomic E-state index is 11.5. The number of halogens is 1. The minimum absolute atomic E-state index is 0.162. The molecule has 1 amide bonds. The number of rotatable bonds is 5. The lowest BCUT2D eigenvalue weighted by Gasteiger charge is -2.07. The number of amides is 1. The average molecular weight is 253 g/mol. The fourth-order valence-corrected chi connectivity index (χ4v) is 1.44. The van der Waals surface area contributed by atoms with Gasteiger partial charge in [-0.15, -0.1) is 0 Å². The number of carbonyl (C=O) groups excluding carboxylic acids is 1. The lowest BCUT2D eigenvalue weighted by Crippen LogP contribution is -2.14. The van der Waals surface area contributed by atoms with E-state index in [-0.39, 0.29) is 12.3 Å². The summed E-state index contributed by atoms with van der Waals surface area (Å²) in [5.74, 6) is -0.162. The third-order valence-corrected chi connectivity index (χ3v) is 2.36. The Morgan fingerprint density at radius 3 is 2.94 bits per heavy atom. The topological polar surface area (TPSA) is 62.1 Å². The monoisotopic (exact) mass is 252 g/mol. The Morgan fingerprint density at radius 1 is 1.59 bits per heavy atom. The van der Waals surface area contributed by atoms with E-state index in [0.29, 0.717) is 29.5 Å². The zero-order valence-corrected chi connectivity index (χ0v) is 10.3. The summed E-state index contributed by atoms with van der Waals surface area (Å²) in [6.45, 7) is 2.84. The van der Waals surface area contributed by atoms with Crippen molar-refractivity contribution < 1.29 is 9.53 Å². The van der Waals surface area contributed by atoms with E-state index in [4.69, 9.17) is 21.6 Å². The molecule has 1 N–H and O–H groups in total. The van der Waals surface area contributed by atoms with Crippen LogP contribution in [0.25, 0.3) is 0 Å². The van der Waals surface area contributed by atoms with Gasteiger partial charge >= 0.3 is 0 Å². The molecule has 0 atom stereocenters. The number of nitriles is 1. The Bertz CT molecular complexity index is 441. The van der Waals surface area contributed by atoms with E-state index < -0.39 is 0 Å². The highest BCUT2D eigenvalue weighted by atomic mass is 35.5. The van der Waals surface area contributed by atoms with E-state index in [2.05, 4.69) is 5.32 Å². The average Bonchev–Trinajstić information content (AvgIpc) is 2.32. The van der Waals surface area contributed by atoms with Crippen LogP contribution in [-0.4, -0.2) is 19.1 Å². The van der Waals surface area contributed by atoms with Gasteiger partial charge in [0.25, 0.3) is 0 Å². The molecule has 0 spiro atoms. The van der Waals surface area contributed by atoms with Gasteiger partial charge in [-0.3, -0.25) is 4.79 Å². The van der Waals surface area contributed by atoms with Crippen LogP contribution in [0, 0.1) is 11.3 Å². The first-order valence-electron chi connectivity index (χ1n) is 5.24. The molecule has 4 nitrogen and oxygen atoms in total. The smallest absolute Gasteiger partial charge is 0.226 e. The van der Waals surface area contributed by atoms with Crippen LogP contribution >= 0.6 is 11.6 Å². The normalized spacial score (nSPS) is 9.71. The van der Waals surface area contributed by atoms with Crippen LogP contribution in [0.1, 0.15) is 18.9 Å². The van der Waals surface area contributed by atoms with Crippen LogP contribution < -0.4 is 5.32 Å². The number of carbonyl (C=O) groups is 1. The van der Waals surface area contributed by atoms with Crippen molar-refractivity contribution in [3.05, 3.63) is 28.8 Å². The molecule has 0 fully saturated rings. The predicted octanol–water partition coefficient (Wildman–Crippen LogP) is 2.58. The first-order valence-corrected chi connectivity index (χ1v) is 5.62. The molecule has 90 valence electrons. The zero-order valence-electron chi connectivity index (χ0n) is 9.50. The van der Waals surface area contributed by atoms with Crippen molar-refractivity contribution in [2.24, 2.45) is 0 Å². The van der Waals surface area contributed by atoms with Crippen molar-refractivity contribution in [2.75, 3.05) is 18.5 Å². The predicted molar refractivity (Wildman–Crippen MR) is 65.9 cm³/mol. The molecule has 0 radical (unpaired) electrons. The molecule has 0 heterocycles. The molecule has 0 aliphatic heterocycles. The van der Waals surface area contributed by atoms with Gasteiger partial charge in [0.2, 0.25) is 5.91 Å². The van der Waals surface area contributed by atoms with E-state index in [0.717, 1.165) is 0 Å². The lowest BCUT2D eigenvalue weighted by atomic mass is 10.2. The summed E-state index contributed by atoms with van der Waals surface area (Å²) in [6, 6.07) is 6.70. The zero-order chi connectivity index (χ0) is 12.7. The molecule has 0 saturated heterocycles. The molecule has 5 heteroatoms. The molecule has 0 aromatic heterocycles. The molecule has 1 rings (SSSR count). The highest BCUT2D eigenvalue weighted by Gasteiger charge is 2.06. The van der Waals surface area contributed by atoms with Crippen molar-refractivity contribution in [1.82, 2.24) is 0 Å². The molecule has 0 saturated carbocycles. The highest BCUT2D eigenvalue weighted by molar-refractivity contribution is 6.33. The number of anilines is 1. The van der Waals surface area contributed by atoms with Gasteiger partial charge in [0.15, 0.2) is 0 Å². The molecule has 0 unspecified atom stereocenters. The number of nitrogens with zero attached hydrogens (tertiary/aromatic N) is 1. The third-order valence-electron chi connectivity index (χ3n) is 2.05. The Labute approximate surface area is 105 Å². The van der Waals surface area contributed by atoms with Gasteiger partial charge in [-0.1, -0.05) is 11.6 Å². The molecule has 0 bridgehead atoms. The van der Waals surface area contributed by atoms with Gasteiger partial charge in [-0.25, -0.2) is 0 Å². The Morgan fingerprint density at radius 2 is 2.35 bits per heavy atom. The van der Waals surface area contributed by atoms with Crippen molar-refractivity contribution in [1.29, 1.82) is 5.26 Å². The molecular formula is C12H13ClN2O2. The van der Waals surface area contributed by atoms with Crippen LogP contribution in [0.15, 0.2) is 18.2 Å². The number of nitrogens with one attached hydrogen (secondary N) is 1. The van der Waals surface area contributed by atoms with Crippen molar-refractivity contribution >= 4 is 23.2 Å². The molecule has 0 aliphatic carbocycles. The minimum atomic E-state index is -0.162. The Hall–Kier alpha value is -1.57.